The minimum absolute atomic E-state index is 0.139. The van der Waals surface area contributed by atoms with Crippen molar-refractivity contribution in [2.24, 2.45) is 0 Å². The van der Waals surface area contributed by atoms with Crippen LogP contribution in [0.5, 0.6) is 5.75 Å². The molecule has 0 aliphatic heterocycles. The Morgan fingerprint density at radius 2 is 2.25 bits per heavy atom. The van der Waals surface area contributed by atoms with Gasteiger partial charge in [0, 0.05) is 6.08 Å². The third-order valence-corrected chi connectivity index (χ3v) is 3.16. The van der Waals surface area contributed by atoms with Crippen molar-refractivity contribution in [2.75, 3.05) is 13.7 Å². The zero-order valence-corrected chi connectivity index (χ0v) is 11.9. The number of amides is 1. The molecular formula is C15H20FNO3. The van der Waals surface area contributed by atoms with Crippen LogP contribution >= 0.6 is 0 Å². The van der Waals surface area contributed by atoms with Crippen molar-refractivity contribution in [2.45, 2.75) is 25.8 Å². The average molecular weight is 281 g/mol. The summed E-state index contributed by atoms with van der Waals surface area (Å²) in [6.45, 7) is 3.49. The molecule has 0 radical (unpaired) electrons. The van der Waals surface area contributed by atoms with Gasteiger partial charge >= 0.3 is 0 Å². The van der Waals surface area contributed by atoms with Crippen molar-refractivity contribution in [3.8, 4) is 5.75 Å². The smallest absolute Gasteiger partial charge is 0.244 e. The predicted molar refractivity (Wildman–Crippen MR) is 75.9 cm³/mol. The van der Waals surface area contributed by atoms with E-state index >= 15 is 0 Å². The van der Waals surface area contributed by atoms with Crippen LogP contribution in [0, 0.1) is 5.82 Å². The molecule has 1 rings (SSSR count). The molecule has 1 aromatic rings. The molecule has 0 saturated carbocycles. The molecule has 0 bridgehead atoms. The van der Waals surface area contributed by atoms with E-state index in [4.69, 9.17) is 4.74 Å². The van der Waals surface area contributed by atoms with Crippen molar-refractivity contribution < 1.29 is 19.0 Å². The largest absolute Gasteiger partial charge is 0.494 e. The summed E-state index contributed by atoms with van der Waals surface area (Å²) in [5.74, 6) is -0.658. The highest BCUT2D eigenvalue weighted by Gasteiger charge is 2.21. The van der Waals surface area contributed by atoms with Gasteiger partial charge in [0.2, 0.25) is 5.91 Å². The highest BCUT2D eigenvalue weighted by Crippen LogP contribution is 2.18. The number of hydrogen-bond donors (Lipinski definition) is 2. The van der Waals surface area contributed by atoms with E-state index in [1.54, 1.807) is 13.0 Å². The summed E-state index contributed by atoms with van der Waals surface area (Å²) in [6, 6.07) is 4.43. The molecule has 0 spiro atoms. The van der Waals surface area contributed by atoms with E-state index in [0.29, 0.717) is 12.0 Å². The van der Waals surface area contributed by atoms with Gasteiger partial charge in [0.15, 0.2) is 11.6 Å². The van der Waals surface area contributed by atoms with Crippen molar-refractivity contribution in [1.29, 1.82) is 0 Å². The fraction of sp³-hybridized carbons (Fsp3) is 0.400. The number of hydrogen-bond acceptors (Lipinski definition) is 3. The number of nitrogens with one attached hydrogen (secondary N) is 1. The van der Waals surface area contributed by atoms with Crippen molar-refractivity contribution >= 4 is 12.0 Å². The van der Waals surface area contributed by atoms with Gasteiger partial charge in [-0.05, 0) is 37.1 Å². The fourth-order valence-corrected chi connectivity index (χ4v) is 1.54. The topological polar surface area (TPSA) is 58.6 Å². The standard InChI is InChI=1S/C15H20FNO3/c1-4-15(2,10-18)17-14(19)8-6-11-5-7-13(20-3)12(16)9-11/h5-9,18H,4,10H2,1-3H3,(H,17,19). The van der Waals surface area contributed by atoms with Crippen LogP contribution in [0.4, 0.5) is 4.39 Å². The summed E-state index contributed by atoms with van der Waals surface area (Å²) < 4.78 is 18.3. The second-order valence-corrected chi connectivity index (χ2v) is 4.79. The van der Waals surface area contributed by atoms with Gasteiger partial charge in [0.05, 0.1) is 19.3 Å². The number of benzene rings is 1. The summed E-state index contributed by atoms with van der Waals surface area (Å²) >= 11 is 0. The van der Waals surface area contributed by atoms with Crippen molar-refractivity contribution in [3.05, 3.63) is 35.7 Å². The molecule has 2 N–H and O–H groups in total. The monoisotopic (exact) mass is 281 g/mol. The molecule has 0 aromatic heterocycles. The molecule has 1 aromatic carbocycles. The normalized spacial score (nSPS) is 14.1. The van der Waals surface area contributed by atoms with E-state index < -0.39 is 11.4 Å². The van der Waals surface area contributed by atoms with Crippen LogP contribution < -0.4 is 10.1 Å². The van der Waals surface area contributed by atoms with Crippen LogP contribution in [-0.4, -0.2) is 30.3 Å². The Hall–Kier alpha value is -1.88. The lowest BCUT2D eigenvalue weighted by Crippen LogP contribution is -2.47. The molecule has 0 aliphatic carbocycles. The zero-order chi connectivity index (χ0) is 15.2. The molecule has 110 valence electrons. The fourth-order valence-electron chi connectivity index (χ4n) is 1.54. The van der Waals surface area contributed by atoms with Gasteiger partial charge in [-0.3, -0.25) is 4.79 Å². The zero-order valence-electron chi connectivity index (χ0n) is 11.9. The van der Waals surface area contributed by atoms with Gasteiger partial charge in [0.1, 0.15) is 0 Å². The maximum Gasteiger partial charge on any atom is 0.244 e. The van der Waals surface area contributed by atoms with E-state index in [1.807, 2.05) is 6.92 Å². The first-order valence-electron chi connectivity index (χ1n) is 6.38. The summed E-state index contributed by atoms with van der Waals surface area (Å²) in [4.78, 5) is 11.7. The maximum absolute atomic E-state index is 13.5. The first-order valence-corrected chi connectivity index (χ1v) is 6.38. The quantitative estimate of drug-likeness (QED) is 0.785. The third kappa shape index (κ3) is 4.35. The van der Waals surface area contributed by atoms with Crippen LogP contribution in [0.25, 0.3) is 6.08 Å². The van der Waals surface area contributed by atoms with Crippen LogP contribution in [0.3, 0.4) is 0 Å². The van der Waals surface area contributed by atoms with Gasteiger partial charge in [-0.2, -0.15) is 0 Å². The Bertz CT molecular complexity index is 496. The van der Waals surface area contributed by atoms with Gasteiger partial charge in [-0.1, -0.05) is 13.0 Å². The Morgan fingerprint density at radius 1 is 1.55 bits per heavy atom. The lowest BCUT2D eigenvalue weighted by molar-refractivity contribution is -0.118. The second kappa shape index (κ2) is 7.05. The maximum atomic E-state index is 13.5. The summed E-state index contributed by atoms with van der Waals surface area (Å²) in [5.41, 5.74) is -0.0901. The average Bonchev–Trinajstić information content (AvgIpc) is 2.45. The minimum Gasteiger partial charge on any atom is -0.494 e. The molecule has 0 heterocycles. The number of rotatable bonds is 6. The second-order valence-electron chi connectivity index (χ2n) is 4.79. The minimum atomic E-state index is -0.646. The number of carbonyl (C=O) groups excluding carboxylic acids is 1. The van der Waals surface area contributed by atoms with E-state index in [1.165, 1.54) is 31.4 Å². The Labute approximate surface area is 118 Å². The molecule has 1 unspecified atom stereocenters. The molecular weight excluding hydrogens is 261 g/mol. The highest BCUT2D eigenvalue weighted by molar-refractivity contribution is 5.92. The summed E-state index contributed by atoms with van der Waals surface area (Å²) in [7, 11) is 1.39. The van der Waals surface area contributed by atoms with Crippen molar-refractivity contribution in [3.63, 3.8) is 0 Å². The Morgan fingerprint density at radius 3 is 2.75 bits per heavy atom. The number of halogens is 1. The molecule has 0 saturated heterocycles. The van der Waals surface area contributed by atoms with Gasteiger partial charge in [0.25, 0.3) is 0 Å². The molecule has 1 atom stereocenters. The van der Waals surface area contributed by atoms with E-state index in [2.05, 4.69) is 5.32 Å². The molecule has 0 fully saturated rings. The Kier molecular flexibility index (Phi) is 5.70. The Balaban J connectivity index is 2.73. The SMILES string of the molecule is CCC(C)(CO)NC(=O)C=Cc1ccc(OC)c(F)c1. The number of ether oxygens (including phenoxy) is 1. The van der Waals surface area contributed by atoms with Crippen LogP contribution in [0.2, 0.25) is 0 Å². The van der Waals surface area contributed by atoms with Gasteiger partial charge < -0.3 is 15.2 Å². The lowest BCUT2D eigenvalue weighted by Gasteiger charge is -2.26. The number of carbonyl (C=O) groups is 1. The first kappa shape index (κ1) is 16.2. The molecule has 1 amide bonds. The van der Waals surface area contributed by atoms with E-state index in [-0.39, 0.29) is 18.3 Å². The molecule has 4 nitrogen and oxygen atoms in total. The van der Waals surface area contributed by atoms with Gasteiger partial charge in [-0.15, -0.1) is 0 Å². The number of aliphatic hydroxyl groups is 1. The predicted octanol–water partition coefficient (Wildman–Crippen LogP) is 2.12. The van der Waals surface area contributed by atoms with E-state index in [9.17, 15) is 14.3 Å². The first-order chi connectivity index (χ1) is 9.44. The molecule has 5 heteroatoms. The van der Waals surface area contributed by atoms with E-state index in [0.717, 1.165) is 0 Å². The van der Waals surface area contributed by atoms with Crippen LogP contribution in [0.1, 0.15) is 25.8 Å². The lowest BCUT2D eigenvalue weighted by atomic mass is 10.0. The van der Waals surface area contributed by atoms with Crippen LogP contribution in [-0.2, 0) is 4.79 Å². The number of methoxy groups -OCH3 is 1. The van der Waals surface area contributed by atoms with Crippen LogP contribution in [0.15, 0.2) is 24.3 Å². The highest BCUT2D eigenvalue weighted by atomic mass is 19.1. The van der Waals surface area contributed by atoms with Crippen molar-refractivity contribution in [1.82, 2.24) is 5.32 Å². The molecule has 0 aliphatic rings. The molecule has 20 heavy (non-hydrogen) atoms. The number of aliphatic hydroxyl groups excluding tert-OH is 1. The summed E-state index contributed by atoms with van der Waals surface area (Å²) in [5, 5.41) is 11.9. The van der Waals surface area contributed by atoms with Gasteiger partial charge in [-0.25, -0.2) is 4.39 Å². The third-order valence-electron chi connectivity index (χ3n) is 3.16. The summed E-state index contributed by atoms with van der Waals surface area (Å²) in [6.07, 6.45) is 3.43.